The molecule has 0 aliphatic carbocycles. The summed E-state index contributed by atoms with van der Waals surface area (Å²) >= 11 is 0. The number of hydrogen-bond donors (Lipinski definition) is 0. The summed E-state index contributed by atoms with van der Waals surface area (Å²) in [5.74, 6) is 3.14. The van der Waals surface area contributed by atoms with E-state index in [1.807, 2.05) is 54.9 Å². The van der Waals surface area contributed by atoms with E-state index in [1.165, 1.54) is 0 Å². The lowest BCUT2D eigenvalue weighted by molar-refractivity contribution is 0.174. The van der Waals surface area contributed by atoms with Gasteiger partial charge in [-0.1, -0.05) is 10.3 Å². The topological polar surface area (TPSA) is 88.3 Å². The van der Waals surface area contributed by atoms with E-state index in [0.29, 0.717) is 24.0 Å². The van der Waals surface area contributed by atoms with Gasteiger partial charge in [-0.2, -0.15) is 4.98 Å². The van der Waals surface area contributed by atoms with E-state index < -0.39 is 0 Å². The molecule has 0 saturated carbocycles. The zero-order valence-corrected chi connectivity index (χ0v) is 14.8. The van der Waals surface area contributed by atoms with Crippen LogP contribution in [0.1, 0.15) is 17.0 Å². The summed E-state index contributed by atoms with van der Waals surface area (Å²) in [6.45, 7) is 4.68. The van der Waals surface area contributed by atoms with Crippen LogP contribution in [0.25, 0.3) is 23.0 Å². The molecule has 0 unspecified atom stereocenters. The van der Waals surface area contributed by atoms with Gasteiger partial charge >= 0.3 is 0 Å². The van der Waals surface area contributed by atoms with Crippen molar-refractivity contribution in [3.8, 4) is 34.5 Å². The minimum Gasteiger partial charge on any atom is -0.454 e. The summed E-state index contributed by atoms with van der Waals surface area (Å²) < 4.78 is 23.5. The van der Waals surface area contributed by atoms with Crippen molar-refractivity contribution in [1.29, 1.82) is 0 Å². The van der Waals surface area contributed by atoms with Crippen LogP contribution in [0.2, 0.25) is 0 Å². The van der Waals surface area contributed by atoms with Gasteiger partial charge in [0.2, 0.25) is 12.6 Å². The first-order chi connectivity index (χ1) is 13.2. The number of nitrogens with zero attached hydrogens (tertiary/aromatic N) is 4. The fourth-order valence-electron chi connectivity index (χ4n) is 3.12. The number of ether oxygens (including phenoxy) is 2. The Kier molecular flexibility index (Phi) is 3.49. The van der Waals surface area contributed by atoms with E-state index in [2.05, 4.69) is 15.3 Å². The molecule has 136 valence electrons. The zero-order chi connectivity index (χ0) is 18.4. The Bertz CT molecular complexity index is 1110. The van der Waals surface area contributed by atoms with Crippen molar-refractivity contribution >= 4 is 0 Å². The molecule has 0 saturated heterocycles. The minimum absolute atomic E-state index is 0.228. The van der Waals surface area contributed by atoms with Crippen LogP contribution < -0.4 is 9.47 Å². The second kappa shape index (κ2) is 6.01. The van der Waals surface area contributed by atoms with Gasteiger partial charge in [-0.05, 0) is 44.2 Å². The van der Waals surface area contributed by atoms with Crippen LogP contribution in [0.4, 0.5) is 0 Å². The molecule has 0 spiro atoms. The third-order valence-electron chi connectivity index (χ3n) is 4.62. The Balaban J connectivity index is 1.46. The lowest BCUT2D eigenvalue weighted by Gasteiger charge is -2.05. The maximum Gasteiger partial charge on any atom is 0.274 e. The number of hydrogen-bond acceptors (Lipinski definition) is 7. The Morgan fingerprint density at radius 1 is 1.04 bits per heavy atom. The highest BCUT2D eigenvalue weighted by Crippen LogP contribution is 2.35. The average Bonchev–Trinajstić information content (AvgIpc) is 3.45. The normalized spacial score (nSPS) is 12.7. The van der Waals surface area contributed by atoms with Crippen molar-refractivity contribution < 1.29 is 18.5 Å². The van der Waals surface area contributed by atoms with Crippen molar-refractivity contribution in [3.05, 3.63) is 53.5 Å². The highest BCUT2D eigenvalue weighted by Gasteiger charge is 2.19. The first kappa shape index (κ1) is 15.7. The molecule has 0 atom stereocenters. The standard InChI is InChI=1S/C19H16N4O4/c1-11-14(12(2)26-21-11)9-23-7-3-4-15(23)19-20-18(22-27-19)13-5-6-16-17(8-13)25-10-24-16/h3-8H,9-10H2,1-2H3. The molecule has 4 heterocycles. The molecule has 1 aliphatic rings. The van der Waals surface area contributed by atoms with Crippen molar-refractivity contribution in [3.63, 3.8) is 0 Å². The Morgan fingerprint density at radius 3 is 2.78 bits per heavy atom. The second-order valence-corrected chi connectivity index (χ2v) is 6.32. The maximum absolute atomic E-state index is 5.51. The van der Waals surface area contributed by atoms with Crippen LogP contribution in [-0.2, 0) is 6.54 Å². The van der Waals surface area contributed by atoms with Crippen LogP contribution in [-0.4, -0.2) is 26.7 Å². The van der Waals surface area contributed by atoms with Gasteiger partial charge in [0.15, 0.2) is 11.5 Å². The van der Waals surface area contributed by atoms with Crippen LogP contribution >= 0.6 is 0 Å². The van der Waals surface area contributed by atoms with E-state index in [-0.39, 0.29) is 6.79 Å². The number of fused-ring (bicyclic) bond motifs is 1. The number of aryl methyl sites for hydroxylation is 2. The summed E-state index contributed by atoms with van der Waals surface area (Å²) in [6, 6.07) is 9.45. The van der Waals surface area contributed by atoms with Gasteiger partial charge in [0.1, 0.15) is 11.5 Å². The number of benzene rings is 1. The Labute approximate surface area is 154 Å². The predicted octanol–water partition coefficient (Wildman–Crippen LogP) is 3.59. The van der Waals surface area contributed by atoms with Crippen LogP contribution in [0.5, 0.6) is 11.5 Å². The first-order valence-corrected chi connectivity index (χ1v) is 8.50. The molecule has 0 bridgehead atoms. The first-order valence-electron chi connectivity index (χ1n) is 8.50. The quantitative estimate of drug-likeness (QED) is 0.547. The molecule has 5 rings (SSSR count). The van der Waals surface area contributed by atoms with Crippen molar-refractivity contribution in [2.75, 3.05) is 6.79 Å². The van der Waals surface area contributed by atoms with Crippen molar-refractivity contribution in [1.82, 2.24) is 19.9 Å². The summed E-state index contributed by atoms with van der Waals surface area (Å²) in [6.07, 6.45) is 1.96. The molecule has 0 amide bonds. The maximum atomic E-state index is 5.51. The van der Waals surface area contributed by atoms with Crippen LogP contribution in [0.15, 0.2) is 45.6 Å². The van der Waals surface area contributed by atoms with Gasteiger partial charge in [0, 0.05) is 17.3 Å². The summed E-state index contributed by atoms with van der Waals surface area (Å²) in [5, 5.41) is 8.12. The number of aromatic nitrogens is 4. The summed E-state index contributed by atoms with van der Waals surface area (Å²) in [5.41, 5.74) is 3.55. The molecular weight excluding hydrogens is 348 g/mol. The predicted molar refractivity (Wildman–Crippen MR) is 94.4 cm³/mol. The second-order valence-electron chi connectivity index (χ2n) is 6.32. The molecule has 8 heteroatoms. The third-order valence-corrected chi connectivity index (χ3v) is 4.62. The Hall–Kier alpha value is -3.55. The van der Waals surface area contributed by atoms with E-state index in [1.54, 1.807) is 0 Å². The van der Waals surface area contributed by atoms with E-state index in [4.69, 9.17) is 18.5 Å². The van der Waals surface area contributed by atoms with Gasteiger partial charge in [0.25, 0.3) is 5.89 Å². The van der Waals surface area contributed by atoms with Gasteiger partial charge in [0.05, 0.1) is 12.2 Å². The molecule has 0 fully saturated rings. The molecular formula is C19H16N4O4. The summed E-state index contributed by atoms with van der Waals surface area (Å²) in [7, 11) is 0. The van der Waals surface area contributed by atoms with Gasteiger partial charge in [-0.3, -0.25) is 0 Å². The van der Waals surface area contributed by atoms with Crippen molar-refractivity contribution in [2.24, 2.45) is 0 Å². The lowest BCUT2D eigenvalue weighted by Crippen LogP contribution is -2.02. The molecule has 1 aliphatic heterocycles. The van der Waals surface area contributed by atoms with Crippen molar-refractivity contribution in [2.45, 2.75) is 20.4 Å². The highest BCUT2D eigenvalue weighted by atomic mass is 16.7. The molecule has 0 radical (unpaired) electrons. The fraction of sp³-hybridized carbons (Fsp3) is 0.211. The number of rotatable bonds is 4. The van der Waals surface area contributed by atoms with E-state index in [9.17, 15) is 0 Å². The molecule has 3 aromatic heterocycles. The van der Waals surface area contributed by atoms with E-state index in [0.717, 1.165) is 34.0 Å². The zero-order valence-electron chi connectivity index (χ0n) is 14.8. The van der Waals surface area contributed by atoms with Crippen LogP contribution in [0.3, 0.4) is 0 Å². The monoisotopic (exact) mass is 364 g/mol. The molecule has 8 nitrogen and oxygen atoms in total. The van der Waals surface area contributed by atoms with Crippen LogP contribution in [0, 0.1) is 13.8 Å². The summed E-state index contributed by atoms with van der Waals surface area (Å²) in [4.78, 5) is 4.55. The molecule has 0 N–H and O–H groups in total. The lowest BCUT2D eigenvalue weighted by atomic mass is 10.2. The SMILES string of the molecule is Cc1noc(C)c1Cn1cccc1-c1nc(-c2ccc3c(c2)OCO3)no1. The smallest absolute Gasteiger partial charge is 0.274 e. The van der Waals surface area contributed by atoms with Gasteiger partial charge < -0.3 is 23.1 Å². The third kappa shape index (κ3) is 2.66. The van der Waals surface area contributed by atoms with Gasteiger partial charge in [-0.25, -0.2) is 0 Å². The highest BCUT2D eigenvalue weighted by molar-refractivity contribution is 5.63. The molecule has 1 aromatic carbocycles. The molecule has 4 aromatic rings. The Morgan fingerprint density at radius 2 is 1.93 bits per heavy atom. The average molecular weight is 364 g/mol. The largest absolute Gasteiger partial charge is 0.454 e. The minimum atomic E-state index is 0.228. The fourth-order valence-corrected chi connectivity index (χ4v) is 3.12. The van der Waals surface area contributed by atoms with E-state index >= 15 is 0 Å². The van der Waals surface area contributed by atoms with Gasteiger partial charge in [-0.15, -0.1) is 0 Å². The molecule has 27 heavy (non-hydrogen) atoms.